The van der Waals surface area contributed by atoms with Crippen molar-refractivity contribution in [2.24, 2.45) is 0 Å². The van der Waals surface area contributed by atoms with Crippen molar-refractivity contribution in [3.63, 3.8) is 0 Å². The van der Waals surface area contributed by atoms with Gasteiger partial charge in [-0.25, -0.2) is 4.79 Å². The molecule has 19 heavy (non-hydrogen) atoms. The van der Waals surface area contributed by atoms with E-state index >= 15 is 0 Å². The Hall–Kier alpha value is -1.95. The van der Waals surface area contributed by atoms with Crippen molar-refractivity contribution in [3.8, 4) is 11.5 Å². The molecule has 1 atom stereocenters. The van der Waals surface area contributed by atoms with E-state index in [0.29, 0.717) is 17.1 Å². The molecule has 1 rings (SSSR count). The van der Waals surface area contributed by atoms with Crippen LogP contribution in [0.4, 0.5) is 4.79 Å². The summed E-state index contributed by atoms with van der Waals surface area (Å²) in [5.74, 6) is 1.13. The lowest BCUT2D eigenvalue weighted by Crippen LogP contribution is -2.36. The third kappa shape index (κ3) is 4.03. The van der Waals surface area contributed by atoms with Gasteiger partial charge < -0.3 is 24.8 Å². The van der Waals surface area contributed by atoms with E-state index in [9.17, 15) is 9.90 Å². The molecule has 0 aliphatic heterocycles. The number of amides is 2. The maximum atomic E-state index is 11.4. The first-order valence-corrected chi connectivity index (χ1v) is 5.84. The van der Waals surface area contributed by atoms with Crippen LogP contribution in [0.15, 0.2) is 18.2 Å². The van der Waals surface area contributed by atoms with Gasteiger partial charge in [-0.2, -0.15) is 0 Å². The number of ether oxygens (including phenoxy) is 2. The van der Waals surface area contributed by atoms with Crippen LogP contribution in [0, 0.1) is 0 Å². The molecule has 0 fully saturated rings. The van der Waals surface area contributed by atoms with Gasteiger partial charge in [-0.15, -0.1) is 0 Å². The van der Waals surface area contributed by atoms with Gasteiger partial charge in [-0.1, -0.05) is 6.07 Å². The molecule has 106 valence electrons. The first-order chi connectivity index (χ1) is 8.99. The van der Waals surface area contributed by atoms with Gasteiger partial charge in [-0.3, -0.25) is 0 Å². The fraction of sp³-hybridized carbons (Fsp3) is 0.462. The smallest absolute Gasteiger partial charge is 0.316 e. The molecule has 1 unspecified atom stereocenters. The van der Waals surface area contributed by atoms with E-state index in [1.807, 2.05) is 0 Å². The maximum absolute atomic E-state index is 11.4. The molecule has 0 heterocycles. The third-order valence-corrected chi connectivity index (χ3v) is 2.65. The number of nitrogens with zero attached hydrogens (tertiary/aromatic N) is 1. The Kier molecular flexibility index (Phi) is 5.44. The monoisotopic (exact) mass is 268 g/mol. The van der Waals surface area contributed by atoms with Crippen molar-refractivity contribution in [2.45, 2.75) is 6.10 Å². The SMILES string of the molecule is COc1ccc(C(O)CNC(=O)N(C)C)cc1OC. The molecule has 6 heteroatoms. The topological polar surface area (TPSA) is 71.0 Å². The first kappa shape index (κ1) is 15.1. The van der Waals surface area contributed by atoms with Crippen molar-refractivity contribution in [1.29, 1.82) is 0 Å². The molecular weight excluding hydrogens is 248 g/mol. The third-order valence-electron chi connectivity index (χ3n) is 2.65. The van der Waals surface area contributed by atoms with E-state index in [1.165, 1.54) is 12.0 Å². The van der Waals surface area contributed by atoms with E-state index < -0.39 is 6.10 Å². The normalized spacial score (nSPS) is 11.6. The Bertz CT molecular complexity index is 435. The van der Waals surface area contributed by atoms with Crippen LogP contribution in [0.25, 0.3) is 0 Å². The lowest BCUT2D eigenvalue weighted by Gasteiger charge is -2.17. The number of urea groups is 1. The first-order valence-electron chi connectivity index (χ1n) is 5.84. The fourth-order valence-electron chi connectivity index (χ4n) is 1.52. The summed E-state index contributed by atoms with van der Waals surface area (Å²) in [5.41, 5.74) is 0.650. The van der Waals surface area contributed by atoms with Gasteiger partial charge in [0.05, 0.1) is 20.3 Å². The second-order valence-corrected chi connectivity index (χ2v) is 4.21. The summed E-state index contributed by atoms with van der Waals surface area (Å²) in [6.45, 7) is 0.131. The number of aliphatic hydroxyl groups is 1. The van der Waals surface area contributed by atoms with E-state index in [4.69, 9.17) is 9.47 Å². The number of benzene rings is 1. The minimum atomic E-state index is -0.802. The highest BCUT2D eigenvalue weighted by Gasteiger charge is 2.13. The number of nitrogens with one attached hydrogen (secondary N) is 1. The van der Waals surface area contributed by atoms with Gasteiger partial charge in [0.1, 0.15) is 0 Å². The predicted molar refractivity (Wildman–Crippen MR) is 71.6 cm³/mol. The van der Waals surface area contributed by atoms with Crippen molar-refractivity contribution in [3.05, 3.63) is 23.8 Å². The van der Waals surface area contributed by atoms with Crippen LogP contribution in [-0.2, 0) is 0 Å². The lowest BCUT2D eigenvalue weighted by atomic mass is 10.1. The molecule has 0 spiro atoms. The number of carbonyl (C=O) groups is 1. The molecule has 0 saturated heterocycles. The summed E-state index contributed by atoms with van der Waals surface area (Å²) in [5, 5.41) is 12.6. The van der Waals surface area contributed by atoms with E-state index in [-0.39, 0.29) is 12.6 Å². The minimum absolute atomic E-state index is 0.131. The molecule has 0 aliphatic carbocycles. The maximum Gasteiger partial charge on any atom is 0.316 e. The predicted octanol–water partition coefficient (Wildman–Crippen LogP) is 1.01. The second kappa shape index (κ2) is 6.84. The summed E-state index contributed by atoms with van der Waals surface area (Å²) in [6.07, 6.45) is -0.802. The fourth-order valence-corrected chi connectivity index (χ4v) is 1.52. The molecule has 0 aromatic heterocycles. The number of hydrogen-bond acceptors (Lipinski definition) is 4. The van der Waals surface area contributed by atoms with Gasteiger partial charge in [0, 0.05) is 20.6 Å². The van der Waals surface area contributed by atoms with Crippen LogP contribution in [0.3, 0.4) is 0 Å². The van der Waals surface area contributed by atoms with Crippen LogP contribution in [0.5, 0.6) is 11.5 Å². The van der Waals surface area contributed by atoms with Crippen LogP contribution < -0.4 is 14.8 Å². The van der Waals surface area contributed by atoms with Gasteiger partial charge in [0.15, 0.2) is 11.5 Å². The summed E-state index contributed by atoms with van der Waals surface area (Å²) >= 11 is 0. The molecule has 1 aromatic rings. The minimum Gasteiger partial charge on any atom is -0.493 e. The number of rotatable bonds is 5. The molecular formula is C13H20N2O4. The zero-order valence-corrected chi connectivity index (χ0v) is 11.6. The van der Waals surface area contributed by atoms with Crippen LogP contribution >= 0.6 is 0 Å². The standard InChI is InChI=1S/C13H20N2O4/c1-15(2)13(17)14-8-10(16)9-5-6-11(18-3)12(7-9)19-4/h5-7,10,16H,8H2,1-4H3,(H,14,17). The number of carbonyl (C=O) groups excluding carboxylic acids is 1. The summed E-state index contributed by atoms with van der Waals surface area (Å²) in [6, 6.07) is 4.88. The van der Waals surface area contributed by atoms with Gasteiger partial charge in [0.25, 0.3) is 0 Å². The average molecular weight is 268 g/mol. The Morgan fingerprint density at radius 1 is 1.32 bits per heavy atom. The Balaban J connectivity index is 2.72. The molecule has 0 bridgehead atoms. The van der Waals surface area contributed by atoms with Crippen LogP contribution in [-0.4, -0.2) is 50.9 Å². The Labute approximate surface area is 112 Å². The summed E-state index contributed by atoms with van der Waals surface area (Å²) in [4.78, 5) is 12.8. The Morgan fingerprint density at radius 2 is 1.95 bits per heavy atom. The number of hydrogen-bond donors (Lipinski definition) is 2. The molecule has 0 saturated carbocycles. The molecule has 0 radical (unpaired) electrons. The van der Waals surface area contributed by atoms with Crippen LogP contribution in [0.2, 0.25) is 0 Å². The van der Waals surface area contributed by atoms with Gasteiger partial charge in [-0.05, 0) is 17.7 Å². The zero-order valence-electron chi connectivity index (χ0n) is 11.6. The average Bonchev–Trinajstić information content (AvgIpc) is 2.43. The van der Waals surface area contributed by atoms with Crippen molar-refractivity contribution in [2.75, 3.05) is 34.9 Å². The zero-order chi connectivity index (χ0) is 14.4. The largest absolute Gasteiger partial charge is 0.493 e. The van der Waals surface area contributed by atoms with Gasteiger partial charge >= 0.3 is 6.03 Å². The highest BCUT2D eigenvalue weighted by atomic mass is 16.5. The van der Waals surface area contributed by atoms with Crippen LogP contribution in [0.1, 0.15) is 11.7 Å². The second-order valence-electron chi connectivity index (χ2n) is 4.21. The van der Waals surface area contributed by atoms with E-state index in [0.717, 1.165) is 0 Å². The summed E-state index contributed by atoms with van der Waals surface area (Å²) < 4.78 is 10.3. The Morgan fingerprint density at radius 3 is 2.47 bits per heavy atom. The highest BCUT2D eigenvalue weighted by Crippen LogP contribution is 2.29. The van der Waals surface area contributed by atoms with Gasteiger partial charge in [0.2, 0.25) is 0 Å². The molecule has 2 N–H and O–H groups in total. The molecule has 0 aliphatic rings. The van der Waals surface area contributed by atoms with E-state index in [2.05, 4.69) is 5.32 Å². The number of aliphatic hydroxyl groups excluding tert-OH is 1. The number of methoxy groups -OCH3 is 2. The van der Waals surface area contributed by atoms with Crippen molar-refractivity contribution >= 4 is 6.03 Å². The molecule has 1 aromatic carbocycles. The highest BCUT2D eigenvalue weighted by molar-refractivity contribution is 5.73. The molecule has 6 nitrogen and oxygen atoms in total. The van der Waals surface area contributed by atoms with E-state index in [1.54, 1.807) is 39.4 Å². The lowest BCUT2D eigenvalue weighted by molar-refractivity contribution is 0.167. The quantitative estimate of drug-likeness (QED) is 0.836. The summed E-state index contributed by atoms with van der Waals surface area (Å²) in [7, 11) is 6.35. The van der Waals surface area contributed by atoms with Crippen molar-refractivity contribution < 1.29 is 19.4 Å². The van der Waals surface area contributed by atoms with Crippen molar-refractivity contribution in [1.82, 2.24) is 10.2 Å². The molecule has 2 amide bonds.